The van der Waals surface area contributed by atoms with Crippen molar-refractivity contribution in [2.75, 3.05) is 38.5 Å². The first kappa shape index (κ1) is 15.5. The highest BCUT2D eigenvalue weighted by Crippen LogP contribution is 2.03. The summed E-state index contributed by atoms with van der Waals surface area (Å²) in [5.74, 6) is -0.0535. The minimum atomic E-state index is -0.261. The quantitative estimate of drug-likeness (QED) is 0.835. The molecule has 0 unspecified atom stereocenters. The summed E-state index contributed by atoms with van der Waals surface area (Å²) in [6.07, 6.45) is 1.58. The molecule has 1 amide bonds. The van der Waals surface area contributed by atoms with E-state index in [1.807, 2.05) is 20.9 Å². The number of nitrogens with zero attached hydrogens (tertiary/aromatic N) is 4. The van der Waals surface area contributed by atoms with Gasteiger partial charge in [0.25, 0.3) is 5.56 Å². The average Bonchev–Trinajstić information content (AvgIpc) is 2.42. The van der Waals surface area contributed by atoms with Gasteiger partial charge in [0.1, 0.15) is 6.54 Å². The van der Waals surface area contributed by atoms with Crippen molar-refractivity contribution in [1.29, 1.82) is 0 Å². The van der Waals surface area contributed by atoms with Gasteiger partial charge in [-0.25, -0.2) is 4.68 Å². The van der Waals surface area contributed by atoms with Crippen molar-refractivity contribution >= 4 is 11.6 Å². The standard InChI is InChI=1S/C14H23N5O2/c1-11(2)16-12-8-13(20)19(15-9-12)10-14(21)18-6-4-17(3)5-7-18/h8-9,11,16H,4-7,10H2,1-3H3. The van der Waals surface area contributed by atoms with E-state index >= 15 is 0 Å². The number of hydrogen-bond donors (Lipinski definition) is 1. The predicted octanol–water partition coefficient (Wildman–Crippen LogP) is -0.162. The number of rotatable bonds is 4. The summed E-state index contributed by atoms with van der Waals surface area (Å²) in [6.45, 7) is 7.13. The molecule has 1 N–H and O–H groups in total. The lowest BCUT2D eigenvalue weighted by atomic mass is 10.3. The summed E-state index contributed by atoms with van der Waals surface area (Å²) in [4.78, 5) is 28.1. The van der Waals surface area contributed by atoms with Crippen molar-refractivity contribution in [1.82, 2.24) is 19.6 Å². The summed E-state index contributed by atoms with van der Waals surface area (Å²) in [5, 5.41) is 7.18. The first-order chi connectivity index (χ1) is 9.95. The van der Waals surface area contributed by atoms with Gasteiger partial charge >= 0.3 is 0 Å². The van der Waals surface area contributed by atoms with Crippen molar-refractivity contribution in [2.45, 2.75) is 26.4 Å². The molecular weight excluding hydrogens is 270 g/mol. The molecular formula is C14H23N5O2. The minimum Gasteiger partial charge on any atom is -0.381 e. The van der Waals surface area contributed by atoms with Gasteiger partial charge in [-0.05, 0) is 20.9 Å². The van der Waals surface area contributed by atoms with Crippen molar-refractivity contribution in [3.05, 3.63) is 22.6 Å². The van der Waals surface area contributed by atoms with Gasteiger partial charge in [-0.3, -0.25) is 9.59 Å². The zero-order valence-electron chi connectivity index (χ0n) is 12.9. The van der Waals surface area contributed by atoms with E-state index in [9.17, 15) is 9.59 Å². The minimum absolute atomic E-state index is 0.00447. The summed E-state index contributed by atoms with van der Waals surface area (Å²) in [5.41, 5.74) is 0.418. The summed E-state index contributed by atoms with van der Waals surface area (Å²) < 4.78 is 1.21. The zero-order valence-corrected chi connectivity index (χ0v) is 12.9. The molecule has 0 radical (unpaired) electrons. The van der Waals surface area contributed by atoms with E-state index in [1.54, 1.807) is 11.1 Å². The first-order valence-electron chi connectivity index (χ1n) is 7.25. The van der Waals surface area contributed by atoms with Crippen LogP contribution in [-0.2, 0) is 11.3 Å². The van der Waals surface area contributed by atoms with Crippen molar-refractivity contribution in [2.24, 2.45) is 0 Å². The molecule has 1 aliphatic rings. The smallest absolute Gasteiger partial charge is 0.269 e. The van der Waals surface area contributed by atoms with Crippen LogP contribution in [0.5, 0.6) is 0 Å². The third-order valence-electron chi connectivity index (χ3n) is 3.47. The van der Waals surface area contributed by atoms with Crippen LogP contribution in [0.15, 0.2) is 17.1 Å². The number of hydrogen-bond acceptors (Lipinski definition) is 5. The molecule has 1 aliphatic heterocycles. The largest absolute Gasteiger partial charge is 0.381 e. The maximum atomic E-state index is 12.2. The lowest BCUT2D eigenvalue weighted by molar-refractivity contribution is -0.133. The van der Waals surface area contributed by atoms with Gasteiger partial charge < -0.3 is 15.1 Å². The third-order valence-corrected chi connectivity index (χ3v) is 3.47. The van der Waals surface area contributed by atoms with Gasteiger partial charge in [0.15, 0.2) is 0 Å². The topological polar surface area (TPSA) is 70.5 Å². The van der Waals surface area contributed by atoms with E-state index < -0.39 is 0 Å². The maximum absolute atomic E-state index is 12.2. The summed E-state index contributed by atoms with van der Waals surface area (Å²) in [7, 11) is 2.04. The molecule has 7 nitrogen and oxygen atoms in total. The Morgan fingerprint density at radius 3 is 2.57 bits per heavy atom. The van der Waals surface area contributed by atoms with E-state index in [4.69, 9.17) is 0 Å². The molecule has 0 aromatic carbocycles. The SMILES string of the molecule is CC(C)Nc1cnn(CC(=O)N2CCN(C)CC2)c(=O)c1. The van der Waals surface area contributed by atoms with Crippen LogP contribution >= 0.6 is 0 Å². The fourth-order valence-corrected chi connectivity index (χ4v) is 2.25. The maximum Gasteiger partial charge on any atom is 0.269 e. The highest BCUT2D eigenvalue weighted by Gasteiger charge is 2.19. The summed E-state index contributed by atoms with van der Waals surface area (Å²) >= 11 is 0. The Morgan fingerprint density at radius 1 is 1.33 bits per heavy atom. The molecule has 1 fully saturated rings. The van der Waals surface area contributed by atoms with Crippen molar-refractivity contribution in [3.8, 4) is 0 Å². The summed E-state index contributed by atoms with van der Waals surface area (Å²) in [6, 6.07) is 1.71. The number of amides is 1. The van der Waals surface area contributed by atoms with Gasteiger partial charge in [-0.2, -0.15) is 5.10 Å². The first-order valence-corrected chi connectivity index (χ1v) is 7.25. The number of piperazine rings is 1. The molecule has 0 spiro atoms. The molecule has 2 heterocycles. The van der Waals surface area contributed by atoms with Crippen LogP contribution in [0.3, 0.4) is 0 Å². The Morgan fingerprint density at radius 2 is 2.00 bits per heavy atom. The third kappa shape index (κ3) is 4.29. The second-order valence-electron chi connectivity index (χ2n) is 5.72. The highest BCUT2D eigenvalue weighted by molar-refractivity contribution is 5.76. The molecule has 1 saturated heterocycles. The Balaban J connectivity index is 1.99. The molecule has 21 heavy (non-hydrogen) atoms. The van der Waals surface area contributed by atoms with Gasteiger partial charge in [0.05, 0.1) is 11.9 Å². The number of carbonyl (C=O) groups excluding carboxylic acids is 1. The van der Waals surface area contributed by atoms with Crippen LogP contribution in [0.25, 0.3) is 0 Å². The normalized spacial score (nSPS) is 16.3. The number of likely N-dealkylation sites (N-methyl/N-ethyl adjacent to an activating group) is 1. The number of anilines is 1. The lowest BCUT2D eigenvalue weighted by Gasteiger charge is -2.32. The predicted molar refractivity (Wildman–Crippen MR) is 81.3 cm³/mol. The molecule has 1 aromatic rings. The van der Waals surface area contributed by atoms with Crippen LogP contribution in [0, 0.1) is 0 Å². The average molecular weight is 293 g/mol. The second-order valence-corrected chi connectivity index (χ2v) is 5.72. The van der Waals surface area contributed by atoms with Gasteiger partial charge in [0.2, 0.25) is 5.91 Å². The Labute approximate surface area is 124 Å². The van der Waals surface area contributed by atoms with Crippen LogP contribution in [0.4, 0.5) is 5.69 Å². The van der Waals surface area contributed by atoms with E-state index in [-0.39, 0.29) is 24.1 Å². The van der Waals surface area contributed by atoms with Crippen molar-refractivity contribution in [3.63, 3.8) is 0 Å². The van der Waals surface area contributed by atoms with E-state index in [0.717, 1.165) is 13.1 Å². The molecule has 0 aliphatic carbocycles. The fraction of sp³-hybridized carbons (Fsp3) is 0.643. The molecule has 7 heteroatoms. The number of aromatic nitrogens is 2. The highest BCUT2D eigenvalue weighted by atomic mass is 16.2. The lowest BCUT2D eigenvalue weighted by Crippen LogP contribution is -2.48. The fourth-order valence-electron chi connectivity index (χ4n) is 2.25. The molecule has 0 atom stereocenters. The Bertz CT molecular complexity index is 547. The second kappa shape index (κ2) is 6.71. The van der Waals surface area contributed by atoms with Gasteiger partial charge in [0, 0.05) is 38.3 Å². The van der Waals surface area contributed by atoms with Crippen LogP contribution < -0.4 is 10.9 Å². The van der Waals surface area contributed by atoms with Crippen LogP contribution in [0.2, 0.25) is 0 Å². The van der Waals surface area contributed by atoms with Gasteiger partial charge in [-0.15, -0.1) is 0 Å². The van der Waals surface area contributed by atoms with E-state index in [2.05, 4.69) is 15.3 Å². The van der Waals surface area contributed by atoms with E-state index in [1.165, 1.54) is 10.7 Å². The monoisotopic (exact) mass is 293 g/mol. The number of carbonyl (C=O) groups is 1. The molecule has 116 valence electrons. The molecule has 0 bridgehead atoms. The van der Waals surface area contributed by atoms with Crippen LogP contribution in [-0.4, -0.2) is 64.8 Å². The number of nitrogens with one attached hydrogen (secondary N) is 1. The van der Waals surface area contributed by atoms with Gasteiger partial charge in [-0.1, -0.05) is 0 Å². The van der Waals surface area contributed by atoms with Crippen molar-refractivity contribution < 1.29 is 4.79 Å². The van der Waals surface area contributed by atoms with E-state index in [0.29, 0.717) is 18.8 Å². The Hall–Kier alpha value is -1.89. The molecule has 0 saturated carbocycles. The zero-order chi connectivity index (χ0) is 15.4. The molecule has 2 rings (SSSR count). The Kier molecular flexibility index (Phi) is 4.95. The van der Waals surface area contributed by atoms with Crippen LogP contribution in [0.1, 0.15) is 13.8 Å². The molecule has 1 aromatic heterocycles.